The zero-order valence-corrected chi connectivity index (χ0v) is 12.5. The lowest BCUT2D eigenvalue weighted by Gasteiger charge is -1.99. The molecule has 0 unspecified atom stereocenters. The van der Waals surface area contributed by atoms with Gasteiger partial charge in [-0.2, -0.15) is 0 Å². The van der Waals surface area contributed by atoms with E-state index in [0.717, 1.165) is 0 Å². The summed E-state index contributed by atoms with van der Waals surface area (Å²) in [6.45, 7) is 0. The van der Waals surface area contributed by atoms with Gasteiger partial charge in [-0.3, -0.25) is 4.79 Å². The predicted molar refractivity (Wildman–Crippen MR) is 87.0 cm³/mol. The topological polar surface area (TPSA) is 65.5 Å². The molecule has 0 aliphatic carbocycles. The Labute approximate surface area is 135 Å². The van der Waals surface area contributed by atoms with E-state index in [1.807, 2.05) is 0 Å². The number of benzene rings is 2. The summed E-state index contributed by atoms with van der Waals surface area (Å²) >= 11 is 12.2. The number of nitrogens with one attached hydrogen (secondary N) is 1. The minimum absolute atomic E-state index is 0.0865. The maximum atomic E-state index is 12.6. The molecule has 0 radical (unpaired) electrons. The van der Waals surface area contributed by atoms with Crippen molar-refractivity contribution in [3.8, 4) is 5.75 Å². The van der Waals surface area contributed by atoms with Gasteiger partial charge in [-0.25, -0.2) is 4.99 Å². The molecule has 2 heterocycles. The Kier molecular flexibility index (Phi) is 2.79. The fraction of sp³-hybridized carbons (Fsp3) is 0. The quantitative estimate of drug-likeness (QED) is 0.690. The zero-order chi connectivity index (χ0) is 15.4. The maximum absolute atomic E-state index is 12.6. The van der Waals surface area contributed by atoms with E-state index in [1.165, 1.54) is 0 Å². The number of ketones is 1. The molecule has 0 fully saturated rings. The van der Waals surface area contributed by atoms with E-state index in [0.29, 0.717) is 32.2 Å². The summed E-state index contributed by atoms with van der Waals surface area (Å²) in [6.07, 6.45) is 0. The van der Waals surface area contributed by atoms with Crippen LogP contribution in [0.5, 0.6) is 5.75 Å². The zero-order valence-electron chi connectivity index (χ0n) is 11.0. The number of fused-ring (bicyclic) bond motifs is 2. The van der Waals surface area contributed by atoms with Crippen LogP contribution in [0.15, 0.2) is 41.4 Å². The van der Waals surface area contributed by atoms with E-state index >= 15 is 0 Å². The number of nitrogens with zero attached hydrogens (tertiary/aromatic N) is 1. The third-order valence-electron chi connectivity index (χ3n) is 3.65. The van der Waals surface area contributed by atoms with Gasteiger partial charge in [0.15, 0.2) is 5.75 Å². The van der Waals surface area contributed by atoms with Gasteiger partial charge in [0.2, 0.25) is 5.78 Å². The molecule has 0 saturated heterocycles. The van der Waals surface area contributed by atoms with Crippen LogP contribution in [0, 0.1) is 0 Å². The van der Waals surface area contributed by atoms with Crippen molar-refractivity contribution in [3.05, 3.63) is 57.7 Å². The lowest BCUT2D eigenvalue weighted by atomic mass is 10.1. The standard InChI is InChI=1S/C16H8Cl2N2O2/c17-7-3-1-5-9-11(7)15(21)13(19-9)14-16(22)12-8(18)4-2-6-10(12)20-14/h1-6,19,21H. The van der Waals surface area contributed by atoms with Gasteiger partial charge < -0.3 is 10.1 Å². The third-order valence-corrected chi connectivity index (χ3v) is 4.28. The molecule has 1 aliphatic heterocycles. The Balaban J connectivity index is 1.95. The lowest BCUT2D eigenvalue weighted by Crippen LogP contribution is -2.12. The first-order valence-corrected chi connectivity index (χ1v) is 7.25. The summed E-state index contributed by atoms with van der Waals surface area (Å²) in [4.78, 5) is 19.9. The number of hydrogen-bond donors (Lipinski definition) is 2. The SMILES string of the molecule is O=C1C(c2[nH]c3cccc(Cl)c3c2O)=Nc2cccc(Cl)c21. The lowest BCUT2D eigenvalue weighted by molar-refractivity contribution is 0.107. The van der Waals surface area contributed by atoms with Gasteiger partial charge in [-0.1, -0.05) is 35.3 Å². The highest BCUT2D eigenvalue weighted by Crippen LogP contribution is 2.39. The van der Waals surface area contributed by atoms with Crippen LogP contribution in [-0.4, -0.2) is 21.6 Å². The molecule has 0 bridgehead atoms. The van der Waals surface area contributed by atoms with Crippen LogP contribution in [0.1, 0.15) is 16.1 Å². The summed E-state index contributed by atoms with van der Waals surface area (Å²) in [5.74, 6) is -0.407. The second-order valence-corrected chi connectivity index (χ2v) is 5.75. The molecule has 6 heteroatoms. The summed E-state index contributed by atoms with van der Waals surface area (Å²) in [7, 11) is 0. The number of aliphatic imine (C=N–C) groups is 1. The van der Waals surface area contributed by atoms with Gasteiger partial charge in [0.05, 0.1) is 32.2 Å². The molecule has 1 aromatic heterocycles. The molecule has 108 valence electrons. The number of aromatic amines is 1. The van der Waals surface area contributed by atoms with Gasteiger partial charge >= 0.3 is 0 Å². The number of rotatable bonds is 1. The van der Waals surface area contributed by atoms with E-state index in [4.69, 9.17) is 23.2 Å². The summed E-state index contributed by atoms with van der Waals surface area (Å²) in [6, 6.07) is 10.3. The second kappa shape index (κ2) is 4.60. The molecule has 2 N–H and O–H groups in total. The van der Waals surface area contributed by atoms with Crippen molar-refractivity contribution in [3.63, 3.8) is 0 Å². The first-order valence-electron chi connectivity index (χ1n) is 6.49. The molecule has 1 aliphatic rings. The summed E-state index contributed by atoms with van der Waals surface area (Å²) in [5.41, 5.74) is 1.87. The van der Waals surface area contributed by atoms with Crippen LogP contribution in [0.2, 0.25) is 10.0 Å². The molecule has 2 aromatic carbocycles. The van der Waals surface area contributed by atoms with Gasteiger partial charge in [0.1, 0.15) is 11.4 Å². The normalized spacial score (nSPS) is 13.5. The van der Waals surface area contributed by atoms with E-state index in [9.17, 15) is 9.90 Å². The van der Waals surface area contributed by atoms with Gasteiger partial charge in [-0.15, -0.1) is 0 Å². The van der Waals surface area contributed by atoms with Crippen LogP contribution >= 0.6 is 23.2 Å². The molecule has 0 atom stereocenters. The number of H-pyrrole nitrogens is 1. The predicted octanol–water partition coefficient (Wildman–Crippen LogP) is 4.50. The average molecular weight is 331 g/mol. The molecule has 4 nitrogen and oxygen atoms in total. The summed E-state index contributed by atoms with van der Waals surface area (Å²) < 4.78 is 0. The number of aromatic hydroxyl groups is 1. The Bertz CT molecular complexity index is 989. The molecule has 4 rings (SSSR count). The number of halogens is 2. The maximum Gasteiger partial charge on any atom is 0.217 e. The molecular weight excluding hydrogens is 323 g/mol. The first kappa shape index (κ1) is 13.4. The second-order valence-electron chi connectivity index (χ2n) is 4.93. The summed E-state index contributed by atoms with van der Waals surface area (Å²) in [5, 5.41) is 11.6. The van der Waals surface area contributed by atoms with Gasteiger partial charge in [-0.05, 0) is 24.3 Å². The number of Topliss-reactive ketones (excluding diaryl/α,β-unsaturated/α-hetero) is 1. The van der Waals surface area contributed by atoms with Crippen LogP contribution < -0.4 is 0 Å². The fourth-order valence-corrected chi connectivity index (χ4v) is 3.17. The van der Waals surface area contributed by atoms with Crippen molar-refractivity contribution in [2.24, 2.45) is 4.99 Å². The monoisotopic (exact) mass is 330 g/mol. The fourth-order valence-electron chi connectivity index (χ4n) is 2.65. The Morgan fingerprint density at radius 1 is 1.05 bits per heavy atom. The number of hydrogen-bond acceptors (Lipinski definition) is 3. The highest BCUT2D eigenvalue weighted by molar-refractivity contribution is 6.57. The Morgan fingerprint density at radius 3 is 2.50 bits per heavy atom. The highest BCUT2D eigenvalue weighted by atomic mass is 35.5. The average Bonchev–Trinajstić information content (AvgIpc) is 2.99. The van der Waals surface area contributed by atoms with Crippen molar-refractivity contribution >= 4 is 51.3 Å². The van der Waals surface area contributed by atoms with Crippen LogP contribution in [-0.2, 0) is 0 Å². The van der Waals surface area contributed by atoms with E-state index in [-0.39, 0.29) is 22.9 Å². The smallest absolute Gasteiger partial charge is 0.217 e. The largest absolute Gasteiger partial charge is 0.505 e. The Hall–Kier alpha value is -2.30. The van der Waals surface area contributed by atoms with Crippen molar-refractivity contribution in [2.75, 3.05) is 0 Å². The molecule has 0 saturated carbocycles. The van der Waals surface area contributed by atoms with Gasteiger partial charge in [0, 0.05) is 0 Å². The minimum atomic E-state index is -0.321. The van der Waals surface area contributed by atoms with E-state index < -0.39 is 0 Å². The molecule has 3 aromatic rings. The highest BCUT2D eigenvalue weighted by Gasteiger charge is 2.31. The van der Waals surface area contributed by atoms with Crippen LogP contribution in [0.25, 0.3) is 10.9 Å². The first-order chi connectivity index (χ1) is 10.6. The minimum Gasteiger partial charge on any atom is -0.505 e. The van der Waals surface area contributed by atoms with Crippen molar-refractivity contribution in [1.82, 2.24) is 4.98 Å². The van der Waals surface area contributed by atoms with Crippen LogP contribution in [0.4, 0.5) is 5.69 Å². The number of carbonyl (C=O) groups excluding carboxylic acids is 1. The molecular formula is C16H8Cl2N2O2. The molecule has 22 heavy (non-hydrogen) atoms. The molecule has 0 spiro atoms. The van der Waals surface area contributed by atoms with E-state index in [2.05, 4.69) is 9.98 Å². The van der Waals surface area contributed by atoms with E-state index in [1.54, 1.807) is 36.4 Å². The van der Waals surface area contributed by atoms with Crippen molar-refractivity contribution in [1.29, 1.82) is 0 Å². The third kappa shape index (κ3) is 1.71. The van der Waals surface area contributed by atoms with Crippen LogP contribution in [0.3, 0.4) is 0 Å². The van der Waals surface area contributed by atoms with Gasteiger partial charge in [0.25, 0.3) is 0 Å². The Morgan fingerprint density at radius 2 is 1.77 bits per heavy atom. The number of aromatic nitrogens is 1. The molecule has 0 amide bonds. The number of carbonyl (C=O) groups is 1. The van der Waals surface area contributed by atoms with Crippen molar-refractivity contribution in [2.45, 2.75) is 0 Å². The van der Waals surface area contributed by atoms with Crippen molar-refractivity contribution < 1.29 is 9.90 Å².